The van der Waals surface area contributed by atoms with Crippen molar-refractivity contribution in [1.82, 2.24) is 0 Å². The fraction of sp³-hybridized carbons (Fsp3) is 0.333. The molecule has 0 fully saturated rings. The van der Waals surface area contributed by atoms with Crippen LogP contribution in [0, 0.1) is 0 Å². The van der Waals surface area contributed by atoms with E-state index < -0.39 is 12.4 Å². The largest absolute Gasteiger partial charge is 2.00 e. The maximum absolute atomic E-state index is 8.89. The van der Waals surface area contributed by atoms with Gasteiger partial charge in [-0.1, -0.05) is 0 Å². The SMILES string of the molecule is CC(=O)[O-].O=C[O-].[Ca+2].[Na+]. The summed E-state index contributed by atoms with van der Waals surface area (Å²) in [5.74, 6) is -1.08. The third kappa shape index (κ3) is 331. The Morgan fingerprint density at radius 2 is 1.56 bits per heavy atom. The van der Waals surface area contributed by atoms with E-state index in [1.165, 1.54) is 0 Å². The number of carboxylic acid groups (broad SMARTS) is 2. The Labute approximate surface area is 105 Å². The third-order valence-electron chi connectivity index (χ3n) is 0. The topological polar surface area (TPSA) is 80.3 Å². The minimum Gasteiger partial charge on any atom is -0.554 e. The molecule has 0 aliphatic rings. The van der Waals surface area contributed by atoms with E-state index in [1.807, 2.05) is 0 Å². The normalized spacial score (nSPS) is 4.11. The number of carbonyl (C=O) groups excluding carboxylic acids is 2. The van der Waals surface area contributed by atoms with Gasteiger partial charge in [-0.25, -0.2) is 0 Å². The standard InChI is InChI=1S/C2H4O2.CH2O2.Ca.Na/c1-2(3)4;2-1-3;;/h1H3,(H,3,4);1H,(H,2,3);;/q;;+2;+1/p-2. The number of hydrogen-bond acceptors (Lipinski definition) is 4. The van der Waals surface area contributed by atoms with Gasteiger partial charge in [0.25, 0.3) is 0 Å². The second-order valence-electron chi connectivity index (χ2n) is 0.588. The van der Waals surface area contributed by atoms with Crippen LogP contribution in [-0.4, -0.2) is 50.2 Å². The average molecular weight is 167 g/mol. The summed E-state index contributed by atoms with van der Waals surface area (Å²) in [6.45, 7) is 0.472. The molecule has 0 aromatic rings. The van der Waals surface area contributed by atoms with Crippen LogP contribution in [0.15, 0.2) is 0 Å². The predicted octanol–water partition coefficient (Wildman–Crippen LogP) is -6.25. The number of aliphatic carboxylic acids is 1. The summed E-state index contributed by atoms with van der Waals surface area (Å²) in [5, 5.41) is 17.1. The van der Waals surface area contributed by atoms with Crippen molar-refractivity contribution in [3.63, 3.8) is 0 Å². The summed E-state index contributed by atoms with van der Waals surface area (Å²) in [4.78, 5) is 17.1. The summed E-state index contributed by atoms with van der Waals surface area (Å²) in [6, 6.07) is 0. The molecule has 0 amide bonds. The molecule has 0 aromatic heterocycles. The molecule has 0 aliphatic carbocycles. The van der Waals surface area contributed by atoms with Gasteiger partial charge in [-0.3, -0.25) is 0 Å². The Bertz CT molecular complexity index is 62.8. The second kappa shape index (κ2) is 22.9. The molecule has 0 saturated carbocycles. The van der Waals surface area contributed by atoms with Crippen molar-refractivity contribution in [2.45, 2.75) is 6.92 Å². The minimum atomic E-state index is -1.08. The van der Waals surface area contributed by atoms with Crippen LogP contribution in [0.25, 0.3) is 0 Å². The van der Waals surface area contributed by atoms with Gasteiger partial charge in [0.1, 0.15) is 0 Å². The fourth-order valence-electron chi connectivity index (χ4n) is 0. The molecule has 9 heavy (non-hydrogen) atoms. The maximum Gasteiger partial charge on any atom is 2.00 e. The van der Waals surface area contributed by atoms with Crippen LogP contribution in [-0.2, 0) is 9.59 Å². The van der Waals surface area contributed by atoms with Gasteiger partial charge in [0, 0.05) is 12.4 Å². The van der Waals surface area contributed by atoms with Gasteiger partial charge < -0.3 is 19.8 Å². The van der Waals surface area contributed by atoms with E-state index in [4.69, 9.17) is 19.8 Å². The van der Waals surface area contributed by atoms with Crippen molar-refractivity contribution in [3.05, 3.63) is 0 Å². The van der Waals surface area contributed by atoms with Crippen LogP contribution in [0.5, 0.6) is 0 Å². The first-order valence-corrected chi connectivity index (χ1v) is 1.38. The van der Waals surface area contributed by atoms with Gasteiger partial charge in [0.2, 0.25) is 0 Å². The van der Waals surface area contributed by atoms with E-state index in [2.05, 4.69) is 0 Å². The Kier molecular flexibility index (Phi) is 57.1. The van der Waals surface area contributed by atoms with E-state index in [0.717, 1.165) is 6.92 Å². The van der Waals surface area contributed by atoms with Crippen LogP contribution < -0.4 is 39.8 Å². The average Bonchev–Trinajstić information content (AvgIpc) is 1.33. The van der Waals surface area contributed by atoms with Gasteiger partial charge in [-0.05, 0) is 6.92 Å². The van der Waals surface area contributed by atoms with E-state index in [9.17, 15) is 0 Å². The molecule has 0 aliphatic heterocycles. The van der Waals surface area contributed by atoms with Crippen molar-refractivity contribution < 1.29 is 49.4 Å². The second-order valence-corrected chi connectivity index (χ2v) is 0.588. The van der Waals surface area contributed by atoms with Crippen molar-refractivity contribution in [1.29, 1.82) is 0 Å². The van der Waals surface area contributed by atoms with Crippen LogP contribution >= 0.6 is 0 Å². The van der Waals surface area contributed by atoms with Crippen molar-refractivity contribution in [2.75, 3.05) is 0 Å². The van der Waals surface area contributed by atoms with Crippen LogP contribution in [0.4, 0.5) is 0 Å². The monoisotopic (exact) mass is 167 g/mol. The molecule has 0 saturated heterocycles. The molecule has 0 bridgehead atoms. The van der Waals surface area contributed by atoms with Gasteiger partial charge in [0.05, 0.1) is 0 Å². The van der Waals surface area contributed by atoms with Gasteiger partial charge >= 0.3 is 67.3 Å². The summed E-state index contributed by atoms with van der Waals surface area (Å²) >= 11 is 0. The molecular formula is C3H4CaNaO4+. The van der Waals surface area contributed by atoms with Gasteiger partial charge in [-0.2, -0.15) is 0 Å². The predicted molar refractivity (Wildman–Crippen MR) is 22.5 cm³/mol. The summed E-state index contributed by atoms with van der Waals surface area (Å²) in [7, 11) is 0. The quantitative estimate of drug-likeness (QED) is 0.265. The van der Waals surface area contributed by atoms with E-state index in [-0.39, 0.29) is 67.3 Å². The molecule has 0 atom stereocenters. The molecule has 0 rings (SSSR count). The first kappa shape index (κ1) is 22.5. The molecule has 0 aromatic carbocycles. The van der Waals surface area contributed by atoms with Crippen molar-refractivity contribution >= 4 is 50.2 Å². The van der Waals surface area contributed by atoms with Crippen molar-refractivity contribution in [3.8, 4) is 0 Å². The number of carboxylic acids is 1. The molecule has 0 heterocycles. The van der Waals surface area contributed by atoms with Crippen LogP contribution in [0.3, 0.4) is 0 Å². The molecule has 0 spiro atoms. The molecule has 0 N–H and O–H groups in total. The zero-order chi connectivity index (χ0) is 6.28. The third-order valence-corrected chi connectivity index (χ3v) is 0. The summed E-state index contributed by atoms with van der Waals surface area (Å²) in [5.41, 5.74) is 0. The number of rotatable bonds is 0. The molecule has 4 nitrogen and oxygen atoms in total. The molecule has 6 heteroatoms. The summed E-state index contributed by atoms with van der Waals surface area (Å²) < 4.78 is 0. The molecule has 42 valence electrons. The van der Waals surface area contributed by atoms with Gasteiger partial charge in [0.15, 0.2) is 0 Å². The zero-order valence-electron chi connectivity index (χ0n) is 5.42. The molecule has 0 radical (unpaired) electrons. The first-order chi connectivity index (χ1) is 3.15. The van der Waals surface area contributed by atoms with Crippen molar-refractivity contribution in [2.24, 2.45) is 0 Å². The Balaban J connectivity index is -0.0000000233. The van der Waals surface area contributed by atoms with Gasteiger partial charge in [-0.15, -0.1) is 0 Å². The summed E-state index contributed by atoms with van der Waals surface area (Å²) in [6.07, 6.45) is 0. The molecule has 0 unspecified atom stereocenters. The van der Waals surface area contributed by atoms with E-state index in [0.29, 0.717) is 0 Å². The van der Waals surface area contributed by atoms with E-state index >= 15 is 0 Å². The van der Waals surface area contributed by atoms with E-state index in [1.54, 1.807) is 0 Å². The minimum absolute atomic E-state index is 0. The Morgan fingerprint density at radius 1 is 1.56 bits per heavy atom. The smallest absolute Gasteiger partial charge is 0.554 e. The molecular weight excluding hydrogens is 163 g/mol. The number of hydrogen-bond donors (Lipinski definition) is 0. The maximum atomic E-state index is 8.89. The first-order valence-electron chi connectivity index (χ1n) is 1.38. The Hall–Kier alpha value is 1.20. The fourth-order valence-corrected chi connectivity index (χ4v) is 0. The van der Waals surface area contributed by atoms with Crippen LogP contribution in [0.1, 0.15) is 6.92 Å². The number of carbonyl (C=O) groups is 2. The zero-order valence-corrected chi connectivity index (χ0v) is 9.63. The van der Waals surface area contributed by atoms with Crippen LogP contribution in [0.2, 0.25) is 0 Å². The Morgan fingerprint density at radius 3 is 1.56 bits per heavy atom.